The first-order valence-electron chi connectivity index (χ1n) is 5.58. The van der Waals surface area contributed by atoms with Crippen LogP contribution in [0.15, 0.2) is 22.7 Å². The minimum absolute atomic E-state index is 0.0601. The molecule has 0 aliphatic heterocycles. The lowest BCUT2D eigenvalue weighted by Crippen LogP contribution is -2.17. The van der Waals surface area contributed by atoms with Crippen LogP contribution in [0.2, 0.25) is 0 Å². The van der Waals surface area contributed by atoms with Crippen molar-refractivity contribution in [2.45, 2.75) is 12.8 Å². The highest BCUT2D eigenvalue weighted by Gasteiger charge is 2.13. The predicted molar refractivity (Wildman–Crippen MR) is 71.2 cm³/mol. The predicted octanol–water partition coefficient (Wildman–Crippen LogP) is 2.76. The lowest BCUT2D eigenvalue weighted by atomic mass is 10.2. The van der Waals surface area contributed by atoms with Gasteiger partial charge in [-0.2, -0.15) is 0 Å². The number of alkyl halides is 2. The van der Waals surface area contributed by atoms with Crippen molar-refractivity contribution in [3.8, 4) is 0 Å². The first-order valence-corrected chi connectivity index (χ1v) is 6.38. The van der Waals surface area contributed by atoms with E-state index in [-0.39, 0.29) is 24.3 Å². The Morgan fingerprint density at radius 2 is 2.10 bits per heavy atom. The first kappa shape index (κ1) is 16.5. The van der Waals surface area contributed by atoms with Crippen LogP contribution in [-0.4, -0.2) is 36.6 Å². The summed E-state index contributed by atoms with van der Waals surface area (Å²) in [5, 5.41) is 11.4. The Kier molecular flexibility index (Phi) is 6.53. The Balaban J connectivity index is 2.57. The SMILES string of the molecule is O=C(CCOCC(F)F)Nc1cc(Br)ccc1C(=O)O. The quantitative estimate of drug-likeness (QED) is 0.740. The largest absolute Gasteiger partial charge is 0.478 e. The highest BCUT2D eigenvalue weighted by atomic mass is 79.9. The molecular formula is C12H12BrF2NO4. The third-order valence-electron chi connectivity index (χ3n) is 2.20. The number of halogens is 3. The number of hydrogen-bond donors (Lipinski definition) is 2. The van der Waals surface area contributed by atoms with Crippen LogP contribution in [0.5, 0.6) is 0 Å². The van der Waals surface area contributed by atoms with Gasteiger partial charge in [0.15, 0.2) is 0 Å². The van der Waals surface area contributed by atoms with Gasteiger partial charge >= 0.3 is 5.97 Å². The molecule has 0 radical (unpaired) electrons. The number of carbonyl (C=O) groups excluding carboxylic acids is 1. The van der Waals surface area contributed by atoms with Crippen LogP contribution >= 0.6 is 15.9 Å². The van der Waals surface area contributed by atoms with E-state index in [0.717, 1.165) is 0 Å². The summed E-state index contributed by atoms with van der Waals surface area (Å²) in [4.78, 5) is 22.5. The van der Waals surface area contributed by atoms with Crippen LogP contribution in [0, 0.1) is 0 Å². The fourth-order valence-electron chi connectivity index (χ4n) is 1.36. The summed E-state index contributed by atoms with van der Waals surface area (Å²) >= 11 is 3.16. The molecule has 1 aromatic rings. The normalized spacial score (nSPS) is 10.6. The Morgan fingerprint density at radius 1 is 1.40 bits per heavy atom. The van der Waals surface area contributed by atoms with E-state index in [9.17, 15) is 18.4 Å². The molecule has 110 valence electrons. The average Bonchev–Trinajstić information content (AvgIpc) is 2.34. The monoisotopic (exact) mass is 351 g/mol. The number of aromatic carboxylic acids is 1. The minimum atomic E-state index is -2.58. The molecule has 0 spiro atoms. The number of carboxylic acids is 1. The van der Waals surface area contributed by atoms with Gasteiger partial charge in [0.05, 0.1) is 24.3 Å². The molecule has 0 saturated carbocycles. The van der Waals surface area contributed by atoms with Crippen molar-refractivity contribution >= 4 is 33.5 Å². The molecule has 5 nitrogen and oxygen atoms in total. The second kappa shape index (κ2) is 7.91. The number of anilines is 1. The van der Waals surface area contributed by atoms with Crippen molar-refractivity contribution < 1.29 is 28.2 Å². The van der Waals surface area contributed by atoms with E-state index >= 15 is 0 Å². The van der Waals surface area contributed by atoms with Gasteiger partial charge < -0.3 is 15.2 Å². The molecule has 0 aliphatic carbocycles. The second-order valence-electron chi connectivity index (χ2n) is 3.76. The van der Waals surface area contributed by atoms with Crippen LogP contribution in [0.25, 0.3) is 0 Å². The Labute approximate surface area is 122 Å². The number of benzene rings is 1. The van der Waals surface area contributed by atoms with E-state index in [2.05, 4.69) is 26.0 Å². The number of carboxylic acid groups (broad SMARTS) is 1. The van der Waals surface area contributed by atoms with Gasteiger partial charge in [0, 0.05) is 4.47 Å². The van der Waals surface area contributed by atoms with Crippen LogP contribution in [0.4, 0.5) is 14.5 Å². The average molecular weight is 352 g/mol. The topological polar surface area (TPSA) is 75.6 Å². The Hall–Kier alpha value is -1.54. The van der Waals surface area contributed by atoms with Gasteiger partial charge in [0.2, 0.25) is 5.91 Å². The van der Waals surface area contributed by atoms with E-state index in [1.165, 1.54) is 18.2 Å². The molecule has 1 amide bonds. The third kappa shape index (κ3) is 5.62. The molecule has 1 rings (SSSR count). The minimum Gasteiger partial charge on any atom is -0.478 e. The zero-order valence-electron chi connectivity index (χ0n) is 10.2. The molecule has 0 fully saturated rings. The van der Waals surface area contributed by atoms with E-state index in [0.29, 0.717) is 4.47 Å². The molecule has 1 aromatic carbocycles. The number of rotatable bonds is 7. The maximum Gasteiger partial charge on any atom is 0.337 e. The third-order valence-corrected chi connectivity index (χ3v) is 2.70. The van der Waals surface area contributed by atoms with Gasteiger partial charge in [0.1, 0.15) is 6.61 Å². The smallest absolute Gasteiger partial charge is 0.337 e. The molecule has 0 heterocycles. The van der Waals surface area contributed by atoms with Crippen LogP contribution < -0.4 is 5.32 Å². The fourth-order valence-corrected chi connectivity index (χ4v) is 1.72. The van der Waals surface area contributed by atoms with Gasteiger partial charge in [-0.25, -0.2) is 13.6 Å². The van der Waals surface area contributed by atoms with Crippen molar-refractivity contribution in [2.24, 2.45) is 0 Å². The molecule has 20 heavy (non-hydrogen) atoms. The lowest BCUT2D eigenvalue weighted by molar-refractivity contribution is -0.117. The van der Waals surface area contributed by atoms with Gasteiger partial charge in [-0.05, 0) is 18.2 Å². The van der Waals surface area contributed by atoms with Gasteiger partial charge in [-0.3, -0.25) is 4.79 Å². The zero-order chi connectivity index (χ0) is 15.1. The van der Waals surface area contributed by atoms with E-state index < -0.39 is 24.9 Å². The number of ether oxygens (including phenoxy) is 1. The molecule has 0 atom stereocenters. The molecule has 0 aliphatic rings. The van der Waals surface area contributed by atoms with Gasteiger partial charge in [0.25, 0.3) is 6.43 Å². The second-order valence-corrected chi connectivity index (χ2v) is 4.67. The van der Waals surface area contributed by atoms with Gasteiger partial charge in [-0.1, -0.05) is 15.9 Å². The van der Waals surface area contributed by atoms with Crippen molar-refractivity contribution in [3.05, 3.63) is 28.2 Å². The highest BCUT2D eigenvalue weighted by molar-refractivity contribution is 9.10. The number of nitrogens with one attached hydrogen (secondary N) is 1. The van der Waals surface area contributed by atoms with Crippen molar-refractivity contribution in [1.82, 2.24) is 0 Å². The summed E-state index contributed by atoms with van der Waals surface area (Å²) in [5.74, 6) is -1.69. The fraction of sp³-hybridized carbons (Fsp3) is 0.333. The number of amides is 1. The maximum atomic E-state index is 11.8. The standard InChI is InChI=1S/C12H12BrF2NO4/c13-7-1-2-8(12(18)19)9(5-7)16-11(17)3-4-20-6-10(14)15/h1-2,5,10H,3-4,6H2,(H,16,17)(H,18,19). The van der Waals surface area contributed by atoms with E-state index in [1.807, 2.05) is 0 Å². The molecule has 2 N–H and O–H groups in total. The van der Waals surface area contributed by atoms with E-state index in [1.54, 1.807) is 0 Å². The van der Waals surface area contributed by atoms with E-state index in [4.69, 9.17) is 5.11 Å². The summed E-state index contributed by atoms with van der Waals surface area (Å²) in [7, 11) is 0. The summed E-state index contributed by atoms with van der Waals surface area (Å²) in [5.41, 5.74) is 0.0702. The van der Waals surface area contributed by atoms with Crippen molar-refractivity contribution in [3.63, 3.8) is 0 Å². The Morgan fingerprint density at radius 3 is 2.70 bits per heavy atom. The van der Waals surface area contributed by atoms with Crippen LogP contribution in [0.1, 0.15) is 16.8 Å². The Bertz CT molecular complexity index is 496. The summed E-state index contributed by atoms with van der Waals surface area (Å²) in [6, 6.07) is 4.32. The van der Waals surface area contributed by atoms with Gasteiger partial charge in [-0.15, -0.1) is 0 Å². The van der Waals surface area contributed by atoms with Crippen molar-refractivity contribution in [2.75, 3.05) is 18.5 Å². The molecule has 8 heteroatoms. The lowest BCUT2D eigenvalue weighted by Gasteiger charge is -2.09. The molecule has 0 unspecified atom stereocenters. The summed E-state index contributed by atoms with van der Waals surface area (Å²) in [6.45, 7) is -0.892. The zero-order valence-corrected chi connectivity index (χ0v) is 11.8. The highest BCUT2D eigenvalue weighted by Crippen LogP contribution is 2.21. The maximum absolute atomic E-state index is 11.8. The first-order chi connectivity index (χ1) is 9.40. The van der Waals surface area contributed by atoms with Crippen LogP contribution in [-0.2, 0) is 9.53 Å². The molecule has 0 bridgehead atoms. The number of carbonyl (C=O) groups is 2. The summed E-state index contributed by atoms with van der Waals surface area (Å²) < 4.78 is 28.8. The molecule has 0 saturated heterocycles. The van der Waals surface area contributed by atoms with Crippen molar-refractivity contribution in [1.29, 1.82) is 0 Å². The number of hydrogen-bond acceptors (Lipinski definition) is 3. The van der Waals surface area contributed by atoms with Crippen LogP contribution in [0.3, 0.4) is 0 Å². The molecular weight excluding hydrogens is 340 g/mol. The summed E-state index contributed by atoms with van der Waals surface area (Å²) in [6.07, 6.45) is -2.72. The molecule has 0 aromatic heterocycles.